The number of anilines is 1. The molecule has 1 heterocycles. The standard InChI is InChI=1S/C10H13N3O5S/c1-5(8(15)16)11-7(14)3-6-4-19-9(12-6)13-10(17)18-2/h4-5H,3H2,1-2H3,(H,11,14)(H,15,16)(H,12,13,17). The van der Waals surface area contributed by atoms with Gasteiger partial charge in [0.1, 0.15) is 6.04 Å². The number of carboxylic acids is 1. The number of carboxylic acid groups (broad SMARTS) is 1. The van der Waals surface area contributed by atoms with Crippen LogP contribution in [0.15, 0.2) is 5.38 Å². The van der Waals surface area contributed by atoms with E-state index < -0.39 is 24.0 Å². The molecule has 3 N–H and O–H groups in total. The van der Waals surface area contributed by atoms with E-state index in [4.69, 9.17) is 5.11 Å². The molecule has 0 spiro atoms. The molecule has 0 aliphatic rings. The lowest BCUT2D eigenvalue weighted by Crippen LogP contribution is -2.39. The van der Waals surface area contributed by atoms with E-state index >= 15 is 0 Å². The van der Waals surface area contributed by atoms with Gasteiger partial charge in [0.2, 0.25) is 5.91 Å². The lowest BCUT2D eigenvalue weighted by Gasteiger charge is -2.07. The Hall–Kier alpha value is -2.16. The monoisotopic (exact) mass is 287 g/mol. The third-order valence-electron chi connectivity index (χ3n) is 2.04. The van der Waals surface area contributed by atoms with E-state index in [-0.39, 0.29) is 6.42 Å². The molecule has 104 valence electrons. The number of hydrogen-bond acceptors (Lipinski definition) is 6. The lowest BCUT2D eigenvalue weighted by atomic mass is 10.3. The Bertz CT molecular complexity index is 487. The summed E-state index contributed by atoms with van der Waals surface area (Å²) in [6.45, 7) is 1.37. The Kier molecular flexibility index (Phi) is 5.24. The molecular weight excluding hydrogens is 274 g/mol. The van der Waals surface area contributed by atoms with Crippen molar-refractivity contribution in [1.29, 1.82) is 0 Å². The predicted molar refractivity (Wildman–Crippen MR) is 67.1 cm³/mol. The van der Waals surface area contributed by atoms with Crippen LogP contribution >= 0.6 is 11.3 Å². The molecule has 1 aromatic heterocycles. The van der Waals surface area contributed by atoms with Gasteiger partial charge in [-0.3, -0.25) is 14.9 Å². The second kappa shape index (κ2) is 6.69. The normalized spacial score (nSPS) is 11.5. The summed E-state index contributed by atoms with van der Waals surface area (Å²) < 4.78 is 4.40. The summed E-state index contributed by atoms with van der Waals surface area (Å²) in [7, 11) is 1.23. The number of aromatic nitrogens is 1. The molecule has 0 radical (unpaired) electrons. The van der Waals surface area contributed by atoms with Gasteiger partial charge in [-0.2, -0.15) is 0 Å². The Morgan fingerprint density at radius 3 is 2.79 bits per heavy atom. The van der Waals surface area contributed by atoms with E-state index in [0.717, 1.165) is 11.3 Å². The Morgan fingerprint density at radius 1 is 1.53 bits per heavy atom. The molecule has 2 amide bonds. The maximum absolute atomic E-state index is 11.5. The van der Waals surface area contributed by atoms with Gasteiger partial charge in [-0.1, -0.05) is 0 Å². The molecule has 1 unspecified atom stereocenters. The Labute approximate surface area is 112 Å². The molecule has 1 rings (SSSR count). The fourth-order valence-electron chi connectivity index (χ4n) is 1.10. The zero-order chi connectivity index (χ0) is 14.4. The molecule has 8 nitrogen and oxygen atoms in total. The molecular formula is C10H13N3O5S. The topological polar surface area (TPSA) is 118 Å². The van der Waals surface area contributed by atoms with Gasteiger partial charge in [0.25, 0.3) is 0 Å². The van der Waals surface area contributed by atoms with Crippen molar-refractivity contribution in [1.82, 2.24) is 10.3 Å². The highest BCUT2D eigenvalue weighted by atomic mass is 32.1. The number of methoxy groups -OCH3 is 1. The van der Waals surface area contributed by atoms with Crippen molar-refractivity contribution in [3.8, 4) is 0 Å². The van der Waals surface area contributed by atoms with Crippen LogP contribution in [0.3, 0.4) is 0 Å². The van der Waals surface area contributed by atoms with Crippen molar-refractivity contribution >= 4 is 34.4 Å². The zero-order valence-electron chi connectivity index (χ0n) is 10.3. The van der Waals surface area contributed by atoms with E-state index in [1.165, 1.54) is 14.0 Å². The first kappa shape index (κ1) is 14.9. The highest BCUT2D eigenvalue weighted by Gasteiger charge is 2.15. The molecule has 0 aromatic carbocycles. The van der Waals surface area contributed by atoms with Gasteiger partial charge in [-0.25, -0.2) is 9.78 Å². The van der Waals surface area contributed by atoms with Gasteiger partial charge in [-0.05, 0) is 6.92 Å². The highest BCUT2D eigenvalue weighted by Crippen LogP contribution is 2.15. The van der Waals surface area contributed by atoms with Gasteiger partial charge >= 0.3 is 12.1 Å². The average molecular weight is 287 g/mol. The molecule has 0 fully saturated rings. The van der Waals surface area contributed by atoms with E-state index in [0.29, 0.717) is 10.8 Å². The molecule has 0 bridgehead atoms. The van der Waals surface area contributed by atoms with Crippen LogP contribution in [-0.4, -0.2) is 41.2 Å². The van der Waals surface area contributed by atoms with Crippen LogP contribution in [0.25, 0.3) is 0 Å². The van der Waals surface area contributed by atoms with Crippen LogP contribution < -0.4 is 10.6 Å². The first-order valence-electron chi connectivity index (χ1n) is 5.24. The number of thiazole rings is 1. The third kappa shape index (κ3) is 4.92. The highest BCUT2D eigenvalue weighted by molar-refractivity contribution is 7.13. The lowest BCUT2D eigenvalue weighted by molar-refractivity contribution is -0.141. The van der Waals surface area contributed by atoms with Crippen LogP contribution in [0.5, 0.6) is 0 Å². The average Bonchev–Trinajstić information content (AvgIpc) is 2.75. The summed E-state index contributed by atoms with van der Waals surface area (Å²) in [4.78, 5) is 37.0. The van der Waals surface area contributed by atoms with Gasteiger partial charge in [0.15, 0.2) is 5.13 Å². The molecule has 0 aliphatic heterocycles. The van der Waals surface area contributed by atoms with E-state index in [9.17, 15) is 14.4 Å². The van der Waals surface area contributed by atoms with Gasteiger partial charge in [0.05, 0.1) is 19.2 Å². The van der Waals surface area contributed by atoms with Crippen molar-refractivity contribution < 1.29 is 24.2 Å². The largest absolute Gasteiger partial charge is 0.480 e. The van der Waals surface area contributed by atoms with Crippen LogP contribution in [0.4, 0.5) is 9.93 Å². The Morgan fingerprint density at radius 2 is 2.21 bits per heavy atom. The maximum Gasteiger partial charge on any atom is 0.413 e. The van der Waals surface area contributed by atoms with Crippen LogP contribution in [-0.2, 0) is 20.7 Å². The number of aliphatic carboxylic acids is 1. The Balaban J connectivity index is 2.51. The molecule has 0 saturated carbocycles. The van der Waals surface area contributed by atoms with Gasteiger partial charge < -0.3 is 15.2 Å². The molecule has 1 atom stereocenters. The second-order valence-corrected chi connectivity index (χ2v) is 4.42. The van der Waals surface area contributed by atoms with Crippen molar-refractivity contribution in [2.45, 2.75) is 19.4 Å². The second-order valence-electron chi connectivity index (χ2n) is 3.56. The smallest absolute Gasteiger partial charge is 0.413 e. The number of ether oxygens (including phenoxy) is 1. The minimum atomic E-state index is -1.11. The summed E-state index contributed by atoms with van der Waals surface area (Å²) >= 11 is 1.14. The number of nitrogens with one attached hydrogen (secondary N) is 2. The van der Waals surface area contributed by atoms with Crippen molar-refractivity contribution in [3.05, 3.63) is 11.1 Å². The minimum absolute atomic E-state index is 0.0586. The summed E-state index contributed by atoms with van der Waals surface area (Å²) in [6, 6.07) is -0.959. The third-order valence-corrected chi connectivity index (χ3v) is 2.84. The minimum Gasteiger partial charge on any atom is -0.480 e. The zero-order valence-corrected chi connectivity index (χ0v) is 11.1. The van der Waals surface area contributed by atoms with E-state index in [1.54, 1.807) is 5.38 Å². The summed E-state index contributed by atoms with van der Waals surface area (Å²) in [5.74, 6) is -1.57. The number of carbonyl (C=O) groups is 3. The fraction of sp³-hybridized carbons (Fsp3) is 0.400. The van der Waals surface area contributed by atoms with E-state index in [1.807, 2.05) is 0 Å². The maximum atomic E-state index is 11.5. The first-order chi connectivity index (χ1) is 8.92. The van der Waals surface area contributed by atoms with Crippen molar-refractivity contribution in [2.24, 2.45) is 0 Å². The van der Waals surface area contributed by atoms with Crippen LogP contribution in [0.1, 0.15) is 12.6 Å². The van der Waals surface area contributed by atoms with Gasteiger partial charge in [-0.15, -0.1) is 11.3 Å². The number of carbonyl (C=O) groups excluding carboxylic acids is 2. The molecule has 0 aliphatic carbocycles. The molecule has 19 heavy (non-hydrogen) atoms. The molecule has 9 heteroatoms. The first-order valence-corrected chi connectivity index (χ1v) is 6.12. The predicted octanol–water partition coefficient (Wildman–Crippen LogP) is 0.453. The molecule has 0 saturated heterocycles. The number of amides is 2. The quantitative estimate of drug-likeness (QED) is 0.724. The number of rotatable bonds is 5. The van der Waals surface area contributed by atoms with Crippen molar-refractivity contribution in [2.75, 3.05) is 12.4 Å². The summed E-state index contributed by atoms with van der Waals surface area (Å²) in [5.41, 5.74) is 0.437. The van der Waals surface area contributed by atoms with E-state index in [2.05, 4.69) is 20.4 Å². The summed E-state index contributed by atoms with van der Waals surface area (Å²) in [5, 5.41) is 15.2. The number of nitrogens with zero attached hydrogens (tertiary/aromatic N) is 1. The number of hydrogen-bond donors (Lipinski definition) is 3. The van der Waals surface area contributed by atoms with Gasteiger partial charge in [0, 0.05) is 5.38 Å². The SMILES string of the molecule is COC(=O)Nc1nc(CC(=O)NC(C)C(=O)O)cs1. The fourth-order valence-corrected chi connectivity index (χ4v) is 1.80. The summed E-state index contributed by atoms with van der Waals surface area (Å²) in [6.07, 6.45) is -0.707. The van der Waals surface area contributed by atoms with Crippen LogP contribution in [0.2, 0.25) is 0 Å². The van der Waals surface area contributed by atoms with Crippen molar-refractivity contribution in [3.63, 3.8) is 0 Å². The van der Waals surface area contributed by atoms with Crippen LogP contribution in [0, 0.1) is 0 Å². The molecule has 1 aromatic rings.